The van der Waals surface area contributed by atoms with Crippen LogP contribution in [0.1, 0.15) is 15.9 Å². The predicted octanol–water partition coefficient (Wildman–Crippen LogP) is 3.28. The molecule has 2 aromatic carbocycles. The van der Waals surface area contributed by atoms with Crippen LogP contribution in [-0.4, -0.2) is 27.7 Å². The molecule has 24 heavy (non-hydrogen) atoms. The van der Waals surface area contributed by atoms with Crippen LogP contribution in [0.4, 0.5) is 11.4 Å². The van der Waals surface area contributed by atoms with Crippen molar-refractivity contribution in [3.8, 4) is 5.75 Å². The van der Waals surface area contributed by atoms with Crippen molar-refractivity contribution in [2.24, 2.45) is 0 Å². The van der Waals surface area contributed by atoms with Gasteiger partial charge in [0.2, 0.25) is 10.0 Å². The molecule has 0 heterocycles. The zero-order valence-electron chi connectivity index (χ0n) is 13.4. The van der Waals surface area contributed by atoms with Gasteiger partial charge in [0, 0.05) is 5.56 Å². The first-order valence-electron chi connectivity index (χ1n) is 6.93. The van der Waals surface area contributed by atoms with Crippen LogP contribution in [0.5, 0.6) is 5.75 Å². The molecule has 0 spiro atoms. The molecule has 8 heteroatoms. The van der Waals surface area contributed by atoms with Crippen molar-refractivity contribution in [1.29, 1.82) is 0 Å². The van der Waals surface area contributed by atoms with Crippen LogP contribution in [0, 0.1) is 6.92 Å². The first-order chi connectivity index (χ1) is 11.2. The molecule has 0 saturated heterocycles. The number of amides is 1. The Morgan fingerprint density at radius 2 is 1.83 bits per heavy atom. The van der Waals surface area contributed by atoms with Gasteiger partial charge in [0.25, 0.3) is 5.91 Å². The monoisotopic (exact) mass is 368 g/mol. The van der Waals surface area contributed by atoms with E-state index in [1.807, 2.05) is 13.0 Å². The second-order valence-corrected chi connectivity index (χ2v) is 7.38. The summed E-state index contributed by atoms with van der Waals surface area (Å²) in [6.45, 7) is 1.90. The van der Waals surface area contributed by atoms with Gasteiger partial charge in [-0.25, -0.2) is 8.42 Å². The third-order valence-electron chi connectivity index (χ3n) is 3.13. The molecule has 1 amide bonds. The third kappa shape index (κ3) is 4.62. The normalized spacial score (nSPS) is 11.0. The van der Waals surface area contributed by atoms with Crippen LogP contribution in [-0.2, 0) is 10.0 Å². The Morgan fingerprint density at radius 1 is 1.12 bits per heavy atom. The summed E-state index contributed by atoms with van der Waals surface area (Å²) in [5.41, 5.74) is 2.01. The molecular formula is C16H17ClN2O4S. The molecule has 0 aliphatic heterocycles. The summed E-state index contributed by atoms with van der Waals surface area (Å²) in [7, 11) is -1.93. The maximum Gasteiger partial charge on any atom is 0.255 e. The third-order valence-corrected chi connectivity index (χ3v) is 4.03. The minimum atomic E-state index is -3.45. The number of carbonyl (C=O) groups is 1. The van der Waals surface area contributed by atoms with Crippen molar-refractivity contribution in [3.05, 3.63) is 52.5 Å². The van der Waals surface area contributed by atoms with Gasteiger partial charge in [0.05, 0.1) is 29.8 Å². The molecule has 0 radical (unpaired) electrons. The van der Waals surface area contributed by atoms with E-state index in [9.17, 15) is 13.2 Å². The minimum Gasteiger partial charge on any atom is -0.495 e. The first kappa shape index (κ1) is 18.1. The highest BCUT2D eigenvalue weighted by atomic mass is 35.5. The van der Waals surface area contributed by atoms with E-state index in [0.29, 0.717) is 17.0 Å². The van der Waals surface area contributed by atoms with E-state index < -0.39 is 10.0 Å². The van der Waals surface area contributed by atoms with Gasteiger partial charge in [-0.3, -0.25) is 9.52 Å². The van der Waals surface area contributed by atoms with E-state index in [1.54, 1.807) is 12.1 Å². The minimum absolute atomic E-state index is 0.129. The smallest absolute Gasteiger partial charge is 0.255 e. The summed E-state index contributed by atoms with van der Waals surface area (Å²) >= 11 is 6.03. The summed E-state index contributed by atoms with van der Waals surface area (Å²) in [4.78, 5) is 12.4. The van der Waals surface area contributed by atoms with Crippen LogP contribution < -0.4 is 14.8 Å². The van der Waals surface area contributed by atoms with E-state index in [1.165, 1.54) is 25.3 Å². The second-order valence-electron chi connectivity index (χ2n) is 5.23. The number of rotatable bonds is 5. The number of aryl methyl sites for hydroxylation is 1. The number of sulfonamides is 1. The Morgan fingerprint density at radius 3 is 2.42 bits per heavy atom. The highest BCUT2D eigenvalue weighted by Gasteiger charge is 2.13. The van der Waals surface area contributed by atoms with Crippen molar-refractivity contribution < 1.29 is 17.9 Å². The molecule has 0 atom stereocenters. The van der Waals surface area contributed by atoms with E-state index in [4.69, 9.17) is 16.3 Å². The van der Waals surface area contributed by atoms with Gasteiger partial charge < -0.3 is 10.1 Å². The Balaban J connectivity index is 2.25. The van der Waals surface area contributed by atoms with Crippen LogP contribution >= 0.6 is 11.6 Å². The van der Waals surface area contributed by atoms with Gasteiger partial charge in [-0.1, -0.05) is 17.7 Å². The molecule has 0 saturated carbocycles. The second kappa shape index (κ2) is 7.11. The molecule has 0 unspecified atom stereocenters. The molecule has 0 aliphatic carbocycles. The highest BCUT2D eigenvalue weighted by molar-refractivity contribution is 7.92. The maximum atomic E-state index is 12.4. The fraction of sp³-hybridized carbons (Fsp3) is 0.188. The topological polar surface area (TPSA) is 84.5 Å². The number of halogens is 1. The number of carbonyl (C=O) groups excluding carboxylic acids is 1. The van der Waals surface area contributed by atoms with E-state index in [-0.39, 0.29) is 16.6 Å². The number of methoxy groups -OCH3 is 1. The van der Waals surface area contributed by atoms with Gasteiger partial charge in [-0.2, -0.15) is 0 Å². The lowest BCUT2D eigenvalue weighted by atomic mass is 10.1. The molecule has 0 fully saturated rings. The van der Waals surface area contributed by atoms with Crippen molar-refractivity contribution in [2.75, 3.05) is 23.4 Å². The van der Waals surface area contributed by atoms with Gasteiger partial charge in [-0.05, 0) is 42.8 Å². The maximum absolute atomic E-state index is 12.4. The molecule has 128 valence electrons. The average Bonchev–Trinajstić information content (AvgIpc) is 2.48. The van der Waals surface area contributed by atoms with Crippen LogP contribution in [0.25, 0.3) is 0 Å². The van der Waals surface area contributed by atoms with Gasteiger partial charge in [-0.15, -0.1) is 0 Å². The predicted molar refractivity (Wildman–Crippen MR) is 95.6 cm³/mol. The Bertz CT molecular complexity index is 882. The largest absolute Gasteiger partial charge is 0.495 e. The van der Waals surface area contributed by atoms with Gasteiger partial charge in [0.1, 0.15) is 5.75 Å². The van der Waals surface area contributed by atoms with Crippen LogP contribution in [0.2, 0.25) is 5.02 Å². The highest BCUT2D eigenvalue weighted by Crippen LogP contribution is 2.27. The first-order valence-corrected chi connectivity index (χ1v) is 9.20. The molecular weight excluding hydrogens is 352 g/mol. The quantitative estimate of drug-likeness (QED) is 0.848. The summed E-state index contributed by atoms with van der Waals surface area (Å²) in [6.07, 6.45) is 1.02. The van der Waals surface area contributed by atoms with Crippen molar-refractivity contribution in [1.82, 2.24) is 0 Å². The summed E-state index contributed by atoms with van der Waals surface area (Å²) in [6, 6.07) is 9.74. The summed E-state index contributed by atoms with van der Waals surface area (Å²) in [5.74, 6) is 0.155. The lowest BCUT2D eigenvalue weighted by Crippen LogP contribution is -2.14. The lowest BCUT2D eigenvalue weighted by Gasteiger charge is -2.12. The zero-order valence-corrected chi connectivity index (χ0v) is 15.0. The van der Waals surface area contributed by atoms with Crippen molar-refractivity contribution >= 4 is 38.9 Å². The number of ether oxygens (including phenoxy) is 1. The summed E-state index contributed by atoms with van der Waals surface area (Å²) in [5, 5.41) is 2.88. The van der Waals surface area contributed by atoms with E-state index in [2.05, 4.69) is 10.0 Å². The SMILES string of the molecule is COc1ccc(C)cc1NC(=O)c1ccc(NS(C)(=O)=O)c(Cl)c1. The van der Waals surface area contributed by atoms with Gasteiger partial charge in [0.15, 0.2) is 0 Å². The zero-order chi connectivity index (χ0) is 17.9. The Labute approximate surface area is 145 Å². The Kier molecular flexibility index (Phi) is 5.36. The molecule has 0 aliphatic rings. The average molecular weight is 369 g/mol. The molecule has 2 rings (SSSR count). The molecule has 2 aromatic rings. The van der Waals surface area contributed by atoms with Crippen molar-refractivity contribution in [3.63, 3.8) is 0 Å². The van der Waals surface area contributed by atoms with E-state index in [0.717, 1.165) is 11.8 Å². The fourth-order valence-electron chi connectivity index (χ4n) is 2.05. The molecule has 0 aromatic heterocycles. The fourth-order valence-corrected chi connectivity index (χ4v) is 2.91. The van der Waals surface area contributed by atoms with Crippen LogP contribution in [0.15, 0.2) is 36.4 Å². The molecule has 2 N–H and O–H groups in total. The number of hydrogen-bond donors (Lipinski definition) is 2. The summed E-state index contributed by atoms with van der Waals surface area (Å²) < 4.78 is 30.0. The number of nitrogens with one attached hydrogen (secondary N) is 2. The number of anilines is 2. The molecule has 0 bridgehead atoms. The standard InChI is InChI=1S/C16H17ClN2O4S/c1-10-4-7-15(23-2)14(8-10)18-16(20)11-5-6-13(12(17)9-11)19-24(3,21)22/h4-9,19H,1-3H3,(H,18,20). The lowest BCUT2D eigenvalue weighted by molar-refractivity contribution is 0.102. The number of hydrogen-bond acceptors (Lipinski definition) is 4. The molecule has 6 nitrogen and oxygen atoms in total. The Hall–Kier alpha value is -2.25. The van der Waals surface area contributed by atoms with Gasteiger partial charge >= 0.3 is 0 Å². The number of benzene rings is 2. The van der Waals surface area contributed by atoms with Crippen molar-refractivity contribution in [2.45, 2.75) is 6.92 Å². The van der Waals surface area contributed by atoms with Crippen LogP contribution in [0.3, 0.4) is 0 Å². The van der Waals surface area contributed by atoms with E-state index >= 15 is 0 Å².